The van der Waals surface area contributed by atoms with E-state index in [0.717, 1.165) is 22.9 Å². The molecule has 1 aliphatic heterocycles. The number of rotatable bonds is 4. The fraction of sp³-hybridized carbons (Fsp3) is 0.368. The molecule has 134 valence electrons. The highest BCUT2D eigenvalue weighted by molar-refractivity contribution is 8.03. The molecule has 26 heavy (non-hydrogen) atoms. The van der Waals surface area contributed by atoms with Crippen molar-refractivity contribution >= 4 is 29.3 Å². The lowest BCUT2D eigenvalue weighted by Crippen LogP contribution is -2.44. The second-order valence-corrected chi connectivity index (χ2v) is 7.79. The second kappa shape index (κ2) is 7.63. The van der Waals surface area contributed by atoms with Crippen LogP contribution < -0.4 is 10.6 Å². The van der Waals surface area contributed by atoms with Crippen LogP contribution in [-0.2, 0) is 9.59 Å². The van der Waals surface area contributed by atoms with Crippen LogP contribution in [0, 0.1) is 47.8 Å². The largest absolute Gasteiger partial charge is 0.325 e. The van der Waals surface area contributed by atoms with Gasteiger partial charge in [-0.25, -0.2) is 0 Å². The number of aryl methyl sites for hydroxylation is 2. The van der Waals surface area contributed by atoms with Gasteiger partial charge in [-0.1, -0.05) is 31.7 Å². The molecular formula is C19H20N4O2S. The van der Waals surface area contributed by atoms with E-state index in [2.05, 4.69) is 16.7 Å². The third-order valence-corrected chi connectivity index (χ3v) is 5.19. The number of hydrogen-bond acceptors (Lipinski definition) is 5. The summed E-state index contributed by atoms with van der Waals surface area (Å²) in [6, 6.07) is 9.79. The van der Waals surface area contributed by atoms with Gasteiger partial charge in [0.2, 0.25) is 11.8 Å². The van der Waals surface area contributed by atoms with E-state index in [-0.39, 0.29) is 11.7 Å². The lowest BCUT2D eigenvalue weighted by molar-refractivity contribution is -0.125. The predicted octanol–water partition coefficient (Wildman–Crippen LogP) is 3.01. The molecule has 6 nitrogen and oxygen atoms in total. The standard InChI is InChI=1S/C19H20N4O2S/c1-11-5-12(2)7-13(6-11)22-16(24)10-26-18-15(9-21)19(3,4)14(8-20)17(25)23-18/h5-7,14H,10H2,1-4H3,(H,22,24)(H,23,25)/t14-/m0/s1. The highest BCUT2D eigenvalue weighted by Crippen LogP contribution is 2.41. The number of amides is 2. The molecule has 1 heterocycles. The van der Waals surface area contributed by atoms with Gasteiger partial charge in [-0.15, -0.1) is 0 Å². The molecule has 0 radical (unpaired) electrons. The van der Waals surface area contributed by atoms with Gasteiger partial charge in [-0.3, -0.25) is 9.59 Å². The Morgan fingerprint density at radius 2 is 1.88 bits per heavy atom. The van der Waals surface area contributed by atoms with E-state index in [1.165, 1.54) is 0 Å². The lowest BCUT2D eigenvalue weighted by Gasteiger charge is -2.34. The quantitative estimate of drug-likeness (QED) is 0.850. The number of carbonyl (C=O) groups is 2. The van der Waals surface area contributed by atoms with Crippen LogP contribution >= 0.6 is 11.8 Å². The Kier molecular flexibility index (Phi) is 5.74. The third-order valence-electron chi connectivity index (χ3n) is 4.19. The van der Waals surface area contributed by atoms with Crippen molar-refractivity contribution in [1.82, 2.24) is 5.32 Å². The summed E-state index contributed by atoms with van der Waals surface area (Å²) in [6.45, 7) is 7.28. The Morgan fingerprint density at radius 3 is 2.42 bits per heavy atom. The zero-order valence-corrected chi connectivity index (χ0v) is 16.0. The smallest absolute Gasteiger partial charge is 0.243 e. The molecule has 1 aliphatic rings. The molecule has 0 spiro atoms. The minimum atomic E-state index is -0.939. The van der Waals surface area contributed by atoms with Gasteiger partial charge in [0.15, 0.2) is 0 Å². The molecule has 1 aromatic rings. The highest BCUT2D eigenvalue weighted by Gasteiger charge is 2.44. The van der Waals surface area contributed by atoms with Crippen LogP contribution in [0.1, 0.15) is 25.0 Å². The van der Waals surface area contributed by atoms with Gasteiger partial charge in [0.25, 0.3) is 0 Å². The van der Waals surface area contributed by atoms with Gasteiger partial charge in [0, 0.05) is 11.1 Å². The van der Waals surface area contributed by atoms with Crippen LogP contribution in [-0.4, -0.2) is 17.6 Å². The van der Waals surface area contributed by atoms with Crippen LogP contribution in [0.25, 0.3) is 0 Å². The Hall–Kier alpha value is -2.77. The molecule has 1 atom stereocenters. The fourth-order valence-electron chi connectivity index (χ4n) is 2.92. The first kappa shape index (κ1) is 19.6. The van der Waals surface area contributed by atoms with E-state index in [4.69, 9.17) is 0 Å². The summed E-state index contributed by atoms with van der Waals surface area (Å²) in [5.41, 5.74) is 2.21. The van der Waals surface area contributed by atoms with Crippen molar-refractivity contribution in [2.24, 2.45) is 11.3 Å². The Balaban J connectivity index is 2.13. The first-order chi connectivity index (χ1) is 12.2. The molecule has 2 rings (SSSR count). The maximum Gasteiger partial charge on any atom is 0.243 e. The zero-order valence-electron chi connectivity index (χ0n) is 15.1. The van der Waals surface area contributed by atoms with Crippen molar-refractivity contribution in [3.8, 4) is 12.1 Å². The van der Waals surface area contributed by atoms with E-state index in [1.54, 1.807) is 13.8 Å². The van der Waals surface area contributed by atoms with Crippen LogP contribution in [0.2, 0.25) is 0 Å². The van der Waals surface area contributed by atoms with Crippen molar-refractivity contribution in [2.75, 3.05) is 11.1 Å². The van der Waals surface area contributed by atoms with E-state index in [0.29, 0.717) is 16.3 Å². The summed E-state index contributed by atoms with van der Waals surface area (Å²) in [4.78, 5) is 24.4. The molecule has 2 N–H and O–H groups in total. The second-order valence-electron chi connectivity index (χ2n) is 6.80. The molecule has 0 fully saturated rings. The molecule has 0 saturated carbocycles. The molecule has 0 saturated heterocycles. The normalized spacial score (nSPS) is 18.5. The fourth-order valence-corrected chi connectivity index (χ4v) is 3.89. The topological polar surface area (TPSA) is 106 Å². The van der Waals surface area contributed by atoms with Gasteiger partial charge in [-0.2, -0.15) is 10.5 Å². The molecule has 0 bridgehead atoms. The SMILES string of the molecule is Cc1cc(C)cc(NC(=O)CSC2=C(C#N)C(C)(C)[C@@H](C#N)C(=O)N2)c1. The molecular weight excluding hydrogens is 348 g/mol. The van der Waals surface area contributed by atoms with Crippen LogP contribution in [0.5, 0.6) is 0 Å². The lowest BCUT2D eigenvalue weighted by atomic mass is 9.72. The first-order valence-electron chi connectivity index (χ1n) is 8.05. The number of allylic oxidation sites excluding steroid dienone is 1. The van der Waals surface area contributed by atoms with Crippen molar-refractivity contribution < 1.29 is 9.59 Å². The monoisotopic (exact) mass is 368 g/mol. The molecule has 7 heteroatoms. The summed E-state index contributed by atoms with van der Waals surface area (Å²) < 4.78 is 0. The molecule has 0 aromatic heterocycles. The number of benzene rings is 1. The molecule has 0 aliphatic carbocycles. The third kappa shape index (κ3) is 4.07. The average Bonchev–Trinajstić information content (AvgIpc) is 2.51. The minimum Gasteiger partial charge on any atom is -0.325 e. The Labute approximate surface area is 157 Å². The van der Waals surface area contributed by atoms with E-state index in [9.17, 15) is 20.1 Å². The summed E-state index contributed by atoms with van der Waals surface area (Å²) >= 11 is 1.09. The number of hydrogen-bond donors (Lipinski definition) is 2. The van der Waals surface area contributed by atoms with Gasteiger partial charge >= 0.3 is 0 Å². The summed E-state index contributed by atoms with van der Waals surface area (Å²) in [5, 5.41) is 24.4. The summed E-state index contributed by atoms with van der Waals surface area (Å²) in [6.07, 6.45) is 0. The average molecular weight is 368 g/mol. The van der Waals surface area contributed by atoms with Crippen LogP contribution in [0.4, 0.5) is 5.69 Å². The number of nitrogens with zero attached hydrogens (tertiary/aromatic N) is 2. The summed E-state index contributed by atoms with van der Waals surface area (Å²) in [7, 11) is 0. The number of thioether (sulfide) groups is 1. The Morgan fingerprint density at radius 1 is 1.27 bits per heavy atom. The van der Waals surface area contributed by atoms with Crippen molar-refractivity contribution in [3.05, 3.63) is 39.9 Å². The number of nitrogens with one attached hydrogen (secondary N) is 2. The molecule has 0 unspecified atom stereocenters. The number of nitriles is 2. The van der Waals surface area contributed by atoms with E-state index in [1.807, 2.05) is 38.1 Å². The predicted molar refractivity (Wildman–Crippen MR) is 101 cm³/mol. The van der Waals surface area contributed by atoms with Crippen molar-refractivity contribution in [2.45, 2.75) is 27.7 Å². The van der Waals surface area contributed by atoms with Crippen molar-refractivity contribution in [1.29, 1.82) is 10.5 Å². The number of anilines is 1. The molecule has 1 aromatic carbocycles. The highest BCUT2D eigenvalue weighted by atomic mass is 32.2. The van der Waals surface area contributed by atoms with Crippen LogP contribution in [0.15, 0.2) is 28.8 Å². The van der Waals surface area contributed by atoms with Gasteiger partial charge in [0.05, 0.1) is 28.5 Å². The van der Waals surface area contributed by atoms with Crippen LogP contribution in [0.3, 0.4) is 0 Å². The van der Waals surface area contributed by atoms with Crippen molar-refractivity contribution in [3.63, 3.8) is 0 Å². The van der Waals surface area contributed by atoms with Gasteiger partial charge in [-0.05, 0) is 37.1 Å². The number of carbonyl (C=O) groups excluding carboxylic acids is 2. The maximum absolute atomic E-state index is 12.2. The van der Waals surface area contributed by atoms with E-state index < -0.39 is 17.2 Å². The minimum absolute atomic E-state index is 0.0427. The maximum atomic E-state index is 12.2. The summed E-state index contributed by atoms with van der Waals surface area (Å²) in [5.74, 6) is -1.58. The van der Waals surface area contributed by atoms with Gasteiger partial charge in [0.1, 0.15) is 5.92 Å². The first-order valence-corrected chi connectivity index (χ1v) is 9.04. The molecule has 2 amide bonds. The Bertz CT molecular complexity index is 854. The van der Waals surface area contributed by atoms with E-state index >= 15 is 0 Å². The van der Waals surface area contributed by atoms with Gasteiger partial charge < -0.3 is 10.6 Å². The zero-order chi connectivity index (χ0) is 19.5.